The van der Waals surface area contributed by atoms with E-state index in [1.54, 1.807) is 31.2 Å². The molecule has 1 aliphatic heterocycles. The van der Waals surface area contributed by atoms with E-state index in [1.165, 1.54) is 4.57 Å². The van der Waals surface area contributed by atoms with Crippen LogP contribution in [0.25, 0.3) is 33.4 Å². The van der Waals surface area contributed by atoms with E-state index in [2.05, 4.69) is 5.16 Å². The SMILES string of the molecule is [B]C(=O)Oc1ccc2nc3c(cc2c1)Cn1c-3cc([C@H](CC)OC(=O)C(C)ON=C2c3ccccc3-c3ccccc32)c(COC=O)c1=O. The van der Waals surface area contributed by atoms with Gasteiger partial charge in [-0.15, -0.1) is 0 Å². The molecule has 2 aliphatic rings. The fourth-order valence-corrected chi connectivity index (χ4v) is 6.37. The molecule has 7 rings (SSSR count). The highest BCUT2D eigenvalue weighted by Crippen LogP contribution is 2.38. The molecule has 242 valence electrons. The summed E-state index contributed by atoms with van der Waals surface area (Å²) in [4.78, 5) is 60.3. The molecule has 0 bridgehead atoms. The Labute approximate surface area is 281 Å². The zero-order chi connectivity index (χ0) is 34.2. The third kappa shape index (κ3) is 5.75. The summed E-state index contributed by atoms with van der Waals surface area (Å²) in [6.07, 6.45) is -1.64. The Morgan fingerprint density at radius 1 is 1.00 bits per heavy atom. The Kier molecular flexibility index (Phi) is 8.29. The molecular formula is C37H28BN3O8. The molecule has 3 aromatic carbocycles. The number of esters is 1. The number of nitrogens with zero attached hydrogens (tertiary/aromatic N) is 3. The molecule has 0 fully saturated rings. The number of ether oxygens (including phenoxy) is 3. The molecule has 0 spiro atoms. The molecule has 2 atom stereocenters. The molecule has 1 aliphatic carbocycles. The summed E-state index contributed by atoms with van der Waals surface area (Å²) in [5, 5.41) is 5.07. The number of fused-ring (bicyclic) bond motifs is 7. The lowest BCUT2D eigenvalue weighted by atomic mass is 10.00. The number of hydrogen-bond donors (Lipinski definition) is 0. The highest BCUT2D eigenvalue weighted by Gasteiger charge is 2.31. The van der Waals surface area contributed by atoms with Gasteiger partial charge < -0.3 is 23.6 Å². The molecule has 11 nitrogen and oxygen atoms in total. The van der Waals surface area contributed by atoms with Crippen molar-refractivity contribution in [3.05, 3.63) is 117 Å². The topological polar surface area (TPSA) is 135 Å². The average molecular weight is 653 g/mol. The monoisotopic (exact) mass is 653 g/mol. The highest BCUT2D eigenvalue weighted by molar-refractivity contribution is 6.55. The number of pyridine rings is 2. The molecule has 0 amide bonds. The first-order chi connectivity index (χ1) is 23.8. The molecule has 2 radical (unpaired) electrons. The van der Waals surface area contributed by atoms with Crippen LogP contribution < -0.4 is 10.3 Å². The lowest BCUT2D eigenvalue weighted by molar-refractivity contribution is -0.162. The quantitative estimate of drug-likeness (QED) is 0.0800. The van der Waals surface area contributed by atoms with Gasteiger partial charge in [0.25, 0.3) is 12.0 Å². The number of rotatable bonds is 10. The van der Waals surface area contributed by atoms with Gasteiger partial charge in [0.05, 0.1) is 29.0 Å². The number of hydrogen-bond acceptors (Lipinski definition) is 10. The molecular weight excluding hydrogens is 625 g/mol. The van der Waals surface area contributed by atoms with Crippen LogP contribution in [0, 0.1) is 0 Å². The molecule has 2 aromatic heterocycles. The lowest BCUT2D eigenvalue weighted by Crippen LogP contribution is -2.29. The molecule has 1 unspecified atom stereocenters. The summed E-state index contributed by atoms with van der Waals surface area (Å²) in [6.45, 7) is 3.51. The van der Waals surface area contributed by atoms with Crippen LogP contribution in [0.3, 0.4) is 0 Å². The van der Waals surface area contributed by atoms with Crippen LogP contribution in [-0.2, 0) is 37.1 Å². The van der Waals surface area contributed by atoms with Crippen LogP contribution in [0.5, 0.6) is 5.75 Å². The maximum absolute atomic E-state index is 13.9. The van der Waals surface area contributed by atoms with Gasteiger partial charge in [0.15, 0.2) is 0 Å². The predicted octanol–water partition coefficient (Wildman–Crippen LogP) is 5.60. The second-order valence-electron chi connectivity index (χ2n) is 11.6. The first-order valence-corrected chi connectivity index (χ1v) is 15.6. The molecule has 0 saturated heterocycles. The normalized spacial score (nSPS) is 13.4. The van der Waals surface area contributed by atoms with E-state index in [4.69, 9.17) is 31.9 Å². The van der Waals surface area contributed by atoms with Crippen molar-refractivity contribution in [1.82, 2.24) is 9.55 Å². The van der Waals surface area contributed by atoms with Crippen LogP contribution in [0.4, 0.5) is 4.79 Å². The zero-order valence-corrected chi connectivity index (χ0v) is 26.5. The fourth-order valence-electron chi connectivity index (χ4n) is 6.37. The van der Waals surface area contributed by atoms with Crippen molar-refractivity contribution in [3.63, 3.8) is 0 Å². The van der Waals surface area contributed by atoms with Crippen LogP contribution in [-0.4, -0.2) is 47.5 Å². The molecule has 49 heavy (non-hydrogen) atoms. The minimum atomic E-state index is -1.08. The predicted molar refractivity (Wildman–Crippen MR) is 180 cm³/mol. The Morgan fingerprint density at radius 3 is 2.35 bits per heavy atom. The van der Waals surface area contributed by atoms with Gasteiger partial charge in [-0.3, -0.25) is 14.4 Å². The van der Waals surface area contributed by atoms with Crippen molar-refractivity contribution in [2.24, 2.45) is 5.16 Å². The van der Waals surface area contributed by atoms with Gasteiger partial charge in [-0.25, -0.2) is 9.78 Å². The van der Waals surface area contributed by atoms with Crippen molar-refractivity contribution in [2.45, 2.75) is 45.6 Å². The van der Waals surface area contributed by atoms with Crippen LogP contribution in [0.15, 0.2) is 88.8 Å². The molecule has 0 N–H and O–H groups in total. The van der Waals surface area contributed by atoms with Gasteiger partial charge in [0.2, 0.25) is 19.8 Å². The highest BCUT2D eigenvalue weighted by atomic mass is 16.7. The number of benzene rings is 3. The minimum absolute atomic E-state index is 0.179. The number of oxime groups is 1. The van der Waals surface area contributed by atoms with Crippen LogP contribution in [0.1, 0.15) is 54.2 Å². The Bertz CT molecular complexity index is 2220. The summed E-state index contributed by atoms with van der Waals surface area (Å²) in [5.74, 6) is -1.35. The van der Waals surface area contributed by atoms with Crippen molar-refractivity contribution >= 4 is 42.8 Å². The van der Waals surface area contributed by atoms with E-state index in [9.17, 15) is 19.2 Å². The Morgan fingerprint density at radius 2 is 1.69 bits per heavy atom. The van der Waals surface area contributed by atoms with Crippen molar-refractivity contribution < 1.29 is 33.4 Å². The minimum Gasteiger partial charge on any atom is -0.463 e. The molecule has 12 heteroatoms. The van der Waals surface area contributed by atoms with Gasteiger partial charge >= 0.3 is 5.97 Å². The molecule has 0 saturated carbocycles. The molecule has 3 heterocycles. The van der Waals surface area contributed by atoms with Gasteiger partial charge in [-0.05, 0) is 54.8 Å². The van der Waals surface area contributed by atoms with E-state index < -0.39 is 29.6 Å². The van der Waals surface area contributed by atoms with Crippen molar-refractivity contribution in [1.29, 1.82) is 0 Å². The van der Waals surface area contributed by atoms with Gasteiger partial charge in [-0.2, -0.15) is 0 Å². The zero-order valence-electron chi connectivity index (χ0n) is 26.5. The Hall–Kier alpha value is -6.04. The summed E-state index contributed by atoms with van der Waals surface area (Å²) >= 11 is 0. The lowest BCUT2D eigenvalue weighted by Gasteiger charge is -2.22. The second-order valence-corrected chi connectivity index (χ2v) is 11.6. The third-order valence-corrected chi connectivity index (χ3v) is 8.65. The van der Waals surface area contributed by atoms with Crippen LogP contribution >= 0.6 is 0 Å². The average Bonchev–Trinajstić information content (AvgIpc) is 3.62. The summed E-state index contributed by atoms with van der Waals surface area (Å²) < 4.78 is 17.5. The van der Waals surface area contributed by atoms with E-state index >= 15 is 0 Å². The van der Waals surface area contributed by atoms with Crippen molar-refractivity contribution in [2.75, 3.05) is 0 Å². The fraction of sp³-hybridized carbons (Fsp3) is 0.189. The second kappa shape index (κ2) is 12.9. The maximum Gasteiger partial charge on any atom is 0.350 e. The summed E-state index contributed by atoms with van der Waals surface area (Å²) in [7, 11) is 5.16. The van der Waals surface area contributed by atoms with E-state index in [0.717, 1.165) is 27.8 Å². The van der Waals surface area contributed by atoms with Gasteiger partial charge in [0, 0.05) is 27.6 Å². The maximum atomic E-state index is 13.9. The first-order valence-electron chi connectivity index (χ1n) is 15.6. The van der Waals surface area contributed by atoms with E-state index in [1.807, 2.05) is 61.5 Å². The van der Waals surface area contributed by atoms with E-state index in [-0.39, 0.29) is 30.9 Å². The number of aromatic nitrogens is 2. The number of carbonyl (C=O) groups excluding carboxylic acids is 3. The standard InChI is InChI=1S/C37H28BN3O8/c1-3-32(48-36(44)20(2)49-40-34-26-10-6-4-8-24(26)25-9-5-7-11-27(25)34)28-16-31-33-22(17-41(31)35(43)29(28)18-46-19-42)14-21-15-23(47-37(38)45)12-13-30(21)39-33/h4-16,19-20,32H,3,17-18H2,1-2H3/t20?,32-/m0/s1. The van der Waals surface area contributed by atoms with Gasteiger partial charge in [0.1, 0.15) is 24.2 Å². The number of carbonyl (C=O) groups is 3. The summed E-state index contributed by atoms with van der Waals surface area (Å²) in [5.41, 5.74) is 7.09. The smallest absolute Gasteiger partial charge is 0.350 e. The molecule has 5 aromatic rings. The van der Waals surface area contributed by atoms with Crippen LogP contribution in [0.2, 0.25) is 0 Å². The van der Waals surface area contributed by atoms with E-state index in [0.29, 0.717) is 40.0 Å². The Balaban J connectivity index is 1.18. The van der Waals surface area contributed by atoms with Crippen molar-refractivity contribution in [3.8, 4) is 28.3 Å². The largest absolute Gasteiger partial charge is 0.463 e. The van der Waals surface area contributed by atoms with Gasteiger partial charge in [-0.1, -0.05) is 60.6 Å². The summed E-state index contributed by atoms with van der Waals surface area (Å²) in [6, 6.07) is 24.2. The first kappa shape index (κ1) is 31.6. The third-order valence-electron chi connectivity index (χ3n) is 8.65.